The summed E-state index contributed by atoms with van der Waals surface area (Å²) in [5.41, 5.74) is -1.34. The van der Waals surface area contributed by atoms with Crippen molar-refractivity contribution in [3.8, 4) is 0 Å². The molecular formula is C24H34N5O13P. The Bertz CT molecular complexity index is 1460. The Hall–Kier alpha value is -3.73. The van der Waals surface area contributed by atoms with Gasteiger partial charge in [0.1, 0.15) is 18.2 Å². The van der Waals surface area contributed by atoms with Crippen LogP contribution in [0.5, 0.6) is 0 Å². The summed E-state index contributed by atoms with van der Waals surface area (Å²) in [6.45, 7) is 7.30. The predicted octanol–water partition coefficient (Wildman–Crippen LogP) is 1.11. The third-order valence-electron chi connectivity index (χ3n) is 6.05. The molecule has 5 unspecified atom stereocenters. The molecule has 0 amide bonds. The molecule has 18 nitrogen and oxygen atoms in total. The number of hydrogen-bond acceptors (Lipinski definition) is 15. The Morgan fingerprint density at radius 2 is 1.60 bits per heavy atom. The van der Waals surface area contributed by atoms with Crippen LogP contribution >= 0.6 is 7.60 Å². The van der Waals surface area contributed by atoms with E-state index in [0.29, 0.717) is 11.1 Å². The molecule has 0 aliphatic carbocycles. The molecule has 0 aromatic carbocycles. The topological polar surface area (TPSA) is 227 Å². The van der Waals surface area contributed by atoms with Gasteiger partial charge in [-0.25, -0.2) is 9.48 Å². The SMILES string of the molecule is CCCc1nn(C(C(=O)O)P(=O)(OCC)OCC)c2c(=O)n(C3OC(COC(C)=O)C(OC(C)=O)C3OC(C)=O)nnc12. The number of fused-ring (bicyclic) bond motifs is 1. The number of ether oxygens (including phenoxy) is 4. The van der Waals surface area contributed by atoms with E-state index in [4.69, 9.17) is 28.0 Å². The summed E-state index contributed by atoms with van der Waals surface area (Å²) in [5.74, 6) is -6.06. The van der Waals surface area contributed by atoms with Gasteiger partial charge in [-0.1, -0.05) is 18.6 Å². The summed E-state index contributed by atoms with van der Waals surface area (Å²) in [5, 5.41) is 22.5. The van der Waals surface area contributed by atoms with Gasteiger partial charge in [-0.05, 0) is 20.3 Å². The summed E-state index contributed by atoms with van der Waals surface area (Å²) >= 11 is 0. The largest absolute Gasteiger partial charge is 0.479 e. The minimum atomic E-state index is -4.46. The zero-order valence-corrected chi connectivity index (χ0v) is 25.3. The normalized spacial score (nSPS) is 21.0. The van der Waals surface area contributed by atoms with Gasteiger partial charge in [0.15, 0.2) is 24.0 Å². The van der Waals surface area contributed by atoms with Crippen molar-refractivity contribution in [1.29, 1.82) is 0 Å². The Labute approximate surface area is 245 Å². The summed E-state index contributed by atoms with van der Waals surface area (Å²) in [6.07, 6.45) is -4.87. The van der Waals surface area contributed by atoms with Crippen LogP contribution < -0.4 is 5.56 Å². The molecule has 43 heavy (non-hydrogen) atoms. The average Bonchev–Trinajstić information content (AvgIpc) is 3.41. The van der Waals surface area contributed by atoms with Crippen LogP contribution in [0, 0.1) is 0 Å². The second kappa shape index (κ2) is 14.2. The molecule has 1 aliphatic heterocycles. The summed E-state index contributed by atoms with van der Waals surface area (Å²) in [4.78, 5) is 62.0. The van der Waals surface area contributed by atoms with E-state index in [9.17, 15) is 33.6 Å². The Balaban J connectivity index is 2.29. The van der Waals surface area contributed by atoms with Crippen LogP contribution in [0.15, 0.2) is 4.79 Å². The van der Waals surface area contributed by atoms with Crippen molar-refractivity contribution in [3.05, 3.63) is 16.0 Å². The van der Waals surface area contributed by atoms with Crippen molar-refractivity contribution >= 4 is 42.5 Å². The number of rotatable bonds is 14. The van der Waals surface area contributed by atoms with Gasteiger partial charge < -0.3 is 33.1 Å². The van der Waals surface area contributed by atoms with Gasteiger partial charge in [0.25, 0.3) is 5.56 Å². The zero-order valence-electron chi connectivity index (χ0n) is 24.5. The lowest BCUT2D eigenvalue weighted by atomic mass is 10.1. The minimum absolute atomic E-state index is 0.0797. The lowest BCUT2D eigenvalue weighted by molar-refractivity contribution is -0.166. The summed E-state index contributed by atoms with van der Waals surface area (Å²) in [6, 6.07) is 0. The van der Waals surface area contributed by atoms with Crippen molar-refractivity contribution in [3.63, 3.8) is 0 Å². The lowest BCUT2D eigenvalue weighted by Crippen LogP contribution is -2.42. The highest BCUT2D eigenvalue weighted by molar-refractivity contribution is 7.55. The van der Waals surface area contributed by atoms with E-state index in [0.717, 1.165) is 25.5 Å². The standard InChI is InChI=1S/C24H34N5O13P/c1-7-10-15-17-18(28(26-15)23(24(34)35)43(36,38-8-2)39-9-3)21(33)29(27-25-17)22-20(41-14(6)32)19(40-13(5)31)16(42-22)11-37-12(4)30/h16,19-20,22-23H,7-11H2,1-6H3,(H,34,35). The number of carbonyl (C=O) groups is 4. The summed E-state index contributed by atoms with van der Waals surface area (Å²) in [7, 11) is -4.46. The highest BCUT2D eigenvalue weighted by atomic mass is 31.2. The molecule has 238 valence electrons. The third-order valence-corrected chi connectivity index (χ3v) is 8.32. The number of esters is 3. The quantitative estimate of drug-likeness (QED) is 0.175. The van der Waals surface area contributed by atoms with E-state index < -0.39 is 79.5 Å². The molecule has 3 heterocycles. The molecule has 1 fully saturated rings. The van der Waals surface area contributed by atoms with Crippen LogP contribution in [-0.4, -0.2) is 91.9 Å². The molecule has 0 bridgehead atoms. The number of carbonyl (C=O) groups excluding carboxylic acids is 3. The van der Waals surface area contributed by atoms with Gasteiger partial charge in [0.05, 0.1) is 18.9 Å². The molecule has 0 spiro atoms. The van der Waals surface area contributed by atoms with E-state index >= 15 is 0 Å². The Morgan fingerprint density at radius 3 is 2.12 bits per heavy atom. The lowest BCUT2D eigenvalue weighted by Gasteiger charge is -2.24. The summed E-state index contributed by atoms with van der Waals surface area (Å²) < 4.78 is 47.2. The van der Waals surface area contributed by atoms with E-state index in [1.807, 2.05) is 6.92 Å². The van der Waals surface area contributed by atoms with Gasteiger partial charge in [-0.3, -0.25) is 23.7 Å². The van der Waals surface area contributed by atoms with Crippen LogP contribution in [0.1, 0.15) is 65.7 Å². The molecular weight excluding hydrogens is 597 g/mol. The van der Waals surface area contributed by atoms with Crippen molar-refractivity contribution in [2.45, 2.75) is 84.7 Å². The maximum absolute atomic E-state index is 14.1. The van der Waals surface area contributed by atoms with Crippen LogP contribution in [0.3, 0.4) is 0 Å². The molecule has 5 atom stereocenters. The first-order valence-electron chi connectivity index (χ1n) is 13.4. The average molecular weight is 632 g/mol. The van der Waals surface area contributed by atoms with E-state index in [-0.39, 0.29) is 30.8 Å². The van der Waals surface area contributed by atoms with Gasteiger partial charge in [0, 0.05) is 20.8 Å². The molecule has 2 aromatic heterocycles. The van der Waals surface area contributed by atoms with Crippen LogP contribution in [0.4, 0.5) is 0 Å². The highest BCUT2D eigenvalue weighted by Gasteiger charge is 2.52. The van der Waals surface area contributed by atoms with Crippen molar-refractivity contribution in [2.75, 3.05) is 19.8 Å². The fourth-order valence-electron chi connectivity index (χ4n) is 4.57. The molecule has 2 aromatic rings. The molecule has 1 aliphatic rings. The third kappa shape index (κ3) is 7.26. The number of carboxylic acid groups (broad SMARTS) is 1. The monoisotopic (exact) mass is 631 g/mol. The first-order chi connectivity index (χ1) is 20.3. The molecule has 19 heteroatoms. The maximum Gasteiger partial charge on any atom is 0.366 e. The van der Waals surface area contributed by atoms with Gasteiger partial charge in [-0.15, -0.1) is 5.10 Å². The second-order valence-corrected chi connectivity index (χ2v) is 11.4. The first kappa shape index (κ1) is 33.8. The zero-order chi connectivity index (χ0) is 32.1. The van der Waals surface area contributed by atoms with Gasteiger partial charge >= 0.3 is 31.5 Å². The van der Waals surface area contributed by atoms with E-state index in [2.05, 4.69) is 15.4 Å². The van der Waals surface area contributed by atoms with E-state index in [1.54, 1.807) is 0 Å². The Morgan fingerprint density at radius 1 is 1.00 bits per heavy atom. The van der Waals surface area contributed by atoms with Gasteiger partial charge in [0.2, 0.25) is 5.78 Å². The fourth-order valence-corrected chi connectivity index (χ4v) is 6.35. The smallest absolute Gasteiger partial charge is 0.366 e. The van der Waals surface area contributed by atoms with Crippen LogP contribution in [0.2, 0.25) is 0 Å². The van der Waals surface area contributed by atoms with Crippen molar-refractivity contribution < 1.29 is 56.8 Å². The number of aryl methyl sites for hydroxylation is 1. The molecule has 0 saturated carbocycles. The van der Waals surface area contributed by atoms with Gasteiger partial charge in [-0.2, -0.15) is 9.78 Å². The first-order valence-corrected chi connectivity index (χ1v) is 15.0. The number of hydrogen-bond donors (Lipinski definition) is 1. The second-order valence-electron chi connectivity index (χ2n) is 9.28. The maximum atomic E-state index is 14.1. The molecule has 1 saturated heterocycles. The molecule has 1 N–H and O–H groups in total. The minimum Gasteiger partial charge on any atom is -0.479 e. The number of aliphatic carboxylic acids is 1. The van der Waals surface area contributed by atoms with Crippen molar-refractivity contribution in [1.82, 2.24) is 24.8 Å². The molecule has 0 radical (unpaired) electrons. The number of carboxylic acids is 1. The number of nitrogens with zero attached hydrogens (tertiary/aromatic N) is 5. The van der Waals surface area contributed by atoms with Crippen LogP contribution in [-0.2, 0) is 58.2 Å². The number of aromatic nitrogens is 5. The van der Waals surface area contributed by atoms with Crippen molar-refractivity contribution in [2.24, 2.45) is 0 Å². The van der Waals surface area contributed by atoms with E-state index in [1.165, 1.54) is 13.8 Å². The van der Waals surface area contributed by atoms with Crippen LogP contribution in [0.25, 0.3) is 11.0 Å². The fraction of sp³-hybridized carbons (Fsp3) is 0.667. The Kier molecular flexibility index (Phi) is 11.1. The predicted molar refractivity (Wildman–Crippen MR) is 143 cm³/mol. The molecule has 3 rings (SSSR count). The highest BCUT2D eigenvalue weighted by Crippen LogP contribution is 2.59.